The minimum Gasteiger partial charge on any atom is -0.362 e. The lowest BCUT2D eigenvalue weighted by Gasteiger charge is -2.18. The fourth-order valence-corrected chi connectivity index (χ4v) is 1.77. The fraction of sp³-hybridized carbons (Fsp3) is 0.462. The van der Waals surface area contributed by atoms with Gasteiger partial charge in [0.1, 0.15) is 0 Å². The lowest BCUT2D eigenvalue weighted by atomic mass is 10.1. The zero-order chi connectivity index (χ0) is 12.8. The summed E-state index contributed by atoms with van der Waals surface area (Å²) in [6.45, 7) is 7.27. The molecule has 4 heteroatoms. The van der Waals surface area contributed by atoms with E-state index < -0.39 is 0 Å². The van der Waals surface area contributed by atoms with Crippen molar-refractivity contribution in [3.05, 3.63) is 34.9 Å². The van der Waals surface area contributed by atoms with Gasteiger partial charge >= 0.3 is 0 Å². The van der Waals surface area contributed by atoms with Crippen LogP contribution in [0.15, 0.2) is 24.3 Å². The van der Waals surface area contributed by atoms with Crippen LogP contribution in [0.3, 0.4) is 0 Å². The van der Waals surface area contributed by atoms with Crippen molar-refractivity contribution in [3.63, 3.8) is 0 Å². The zero-order valence-corrected chi connectivity index (χ0v) is 12.0. The molecule has 0 saturated carbocycles. The standard InChI is InChI=1S/C13H19ClN2S/c1-9(2)8-15-13(17)16-10(3)11-4-6-12(14)7-5-11/h4-7,9-10H,8H2,1-3H3,(H2,15,16,17). The molecular formula is C13H19ClN2S. The van der Waals surface area contributed by atoms with Crippen molar-refractivity contribution in [2.45, 2.75) is 26.8 Å². The van der Waals surface area contributed by atoms with Gasteiger partial charge in [0, 0.05) is 11.6 Å². The van der Waals surface area contributed by atoms with E-state index in [0.717, 1.165) is 11.6 Å². The van der Waals surface area contributed by atoms with Crippen LogP contribution in [0.2, 0.25) is 5.02 Å². The van der Waals surface area contributed by atoms with Crippen LogP contribution in [0, 0.1) is 5.92 Å². The molecule has 0 aliphatic carbocycles. The van der Waals surface area contributed by atoms with Gasteiger partial charge in [-0.15, -0.1) is 0 Å². The molecule has 0 aliphatic rings. The molecular weight excluding hydrogens is 252 g/mol. The second-order valence-electron chi connectivity index (χ2n) is 4.52. The Morgan fingerprint density at radius 2 is 1.82 bits per heavy atom. The first-order chi connectivity index (χ1) is 7.99. The second-order valence-corrected chi connectivity index (χ2v) is 5.37. The summed E-state index contributed by atoms with van der Waals surface area (Å²) in [5.41, 5.74) is 1.17. The molecule has 1 aromatic carbocycles. The first-order valence-corrected chi connectivity index (χ1v) is 6.57. The number of hydrogen-bond donors (Lipinski definition) is 2. The molecule has 2 nitrogen and oxygen atoms in total. The lowest BCUT2D eigenvalue weighted by Crippen LogP contribution is -2.38. The maximum atomic E-state index is 5.85. The van der Waals surface area contributed by atoms with Gasteiger partial charge in [-0.05, 0) is 42.8 Å². The van der Waals surface area contributed by atoms with Gasteiger partial charge in [-0.1, -0.05) is 37.6 Å². The predicted molar refractivity (Wildman–Crippen MR) is 78.4 cm³/mol. The first kappa shape index (κ1) is 14.3. The highest BCUT2D eigenvalue weighted by Crippen LogP contribution is 2.15. The molecule has 1 unspecified atom stereocenters. The third-order valence-corrected chi connectivity index (χ3v) is 2.90. The van der Waals surface area contributed by atoms with Crippen LogP contribution in [-0.2, 0) is 0 Å². The quantitative estimate of drug-likeness (QED) is 0.819. The monoisotopic (exact) mass is 270 g/mol. The number of halogens is 1. The van der Waals surface area contributed by atoms with Crippen molar-refractivity contribution >= 4 is 28.9 Å². The van der Waals surface area contributed by atoms with Crippen molar-refractivity contribution in [1.29, 1.82) is 0 Å². The van der Waals surface area contributed by atoms with E-state index in [2.05, 4.69) is 31.4 Å². The van der Waals surface area contributed by atoms with E-state index in [9.17, 15) is 0 Å². The molecule has 0 saturated heterocycles. The lowest BCUT2D eigenvalue weighted by molar-refractivity contribution is 0.609. The Hall–Kier alpha value is -0.800. The summed E-state index contributed by atoms with van der Waals surface area (Å²) in [5, 5.41) is 7.88. The third kappa shape index (κ3) is 5.37. The van der Waals surface area contributed by atoms with Gasteiger partial charge in [0.2, 0.25) is 0 Å². The smallest absolute Gasteiger partial charge is 0.166 e. The summed E-state index contributed by atoms with van der Waals surface area (Å²) in [5.74, 6) is 0.584. The summed E-state index contributed by atoms with van der Waals surface area (Å²) < 4.78 is 0. The molecule has 0 spiro atoms. The van der Waals surface area contributed by atoms with E-state index in [1.54, 1.807) is 0 Å². The summed E-state index contributed by atoms with van der Waals surface area (Å²) in [4.78, 5) is 0. The predicted octanol–water partition coefficient (Wildman–Crippen LogP) is 3.52. The number of nitrogens with one attached hydrogen (secondary N) is 2. The summed E-state index contributed by atoms with van der Waals surface area (Å²) in [6.07, 6.45) is 0. The van der Waals surface area contributed by atoms with Crippen LogP contribution in [0.25, 0.3) is 0 Å². The average Bonchev–Trinajstić information content (AvgIpc) is 2.27. The molecule has 1 rings (SSSR count). The van der Waals surface area contributed by atoms with Crippen molar-refractivity contribution in [2.75, 3.05) is 6.54 Å². The van der Waals surface area contributed by atoms with E-state index in [4.69, 9.17) is 23.8 Å². The molecule has 0 fully saturated rings. The Kier molecular flexibility index (Phi) is 5.72. The van der Waals surface area contributed by atoms with Gasteiger partial charge in [-0.2, -0.15) is 0 Å². The highest BCUT2D eigenvalue weighted by molar-refractivity contribution is 7.80. The van der Waals surface area contributed by atoms with Crippen molar-refractivity contribution in [1.82, 2.24) is 10.6 Å². The third-order valence-electron chi connectivity index (χ3n) is 2.39. The number of rotatable bonds is 4. The molecule has 0 amide bonds. The minimum atomic E-state index is 0.180. The number of hydrogen-bond acceptors (Lipinski definition) is 1. The minimum absolute atomic E-state index is 0.180. The Labute approximate surface area is 114 Å². The molecule has 1 atom stereocenters. The Bertz CT molecular complexity index is 362. The van der Waals surface area contributed by atoms with Crippen molar-refractivity contribution in [3.8, 4) is 0 Å². The van der Waals surface area contributed by atoms with E-state index >= 15 is 0 Å². The molecule has 0 aliphatic heterocycles. The fourth-order valence-electron chi connectivity index (χ4n) is 1.38. The summed E-state index contributed by atoms with van der Waals surface area (Å²) >= 11 is 11.1. The van der Waals surface area contributed by atoms with Crippen molar-refractivity contribution in [2.24, 2.45) is 5.92 Å². The second kappa shape index (κ2) is 6.82. The topological polar surface area (TPSA) is 24.1 Å². The van der Waals surface area contributed by atoms with Crippen molar-refractivity contribution < 1.29 is 0 Å². The Balaban J connectivity index is 2.46. The van der Waals surface area contributed by atoms with Gasteiger partial charge in [-0.25, -0.2) is 0 Å². The van der Waals surface area contributed by atoms with Gasteiger partial charge in [0.25, 0.3) is 0 Å². The van der Waals surface area contributed by atoms with Crippen LogP contribution in [0.5, 0.6) is 0 Å². The van der Waals surface area contributed by atoms with Gasteiger partial charge < -0.3 is 10.6 Å². The molecule has 2 N–H and O–H groups in total. The average molecular weight is 271 g/mol. The molecule has 0 aromatic heterocycles. The van der Waals surface area contributed by atoms with Crippen LogP contribution in [0.4, 0.5) is 0 Å². The maximum absolute atomic E-state index is 5.85. The molecule has 1 aromatic rings. The SMILES string of the molecule is CC(C)CNC(=S)NC(C)c1ccc(Cl)cc1. The van der Waals surface area contributed by atoms with E-state index in [0.29, 0.717) is 11.0 Å². The Morgan fingerprint density at radius 3 is 2.35 bits per heavy atom. The number of thiocarbonyl (C=S) groups is 1. The Morgan fingerprint density at radius 1 is 1.24 bits per heavy atom. The molecule has 0 bridgehead atoms. The van der Waals surface area contributed by atoms with Crippen LogP contribution in [-0.4, -0.2) is 11.7 Å². The molecule has 17 heavy (non-hydrogen) atoms. The van der Waals surface area contributed by atoms with Gasteiger partial charge in [-0.3, -0.25) is 0 Å². The van der Waals surface area contributed by atoms with Crippen LogP contribution >= 0.6 is 23.8 Å². The van der Waals surface area contributed by atoms with Gasteiger partial charge in [0.05, 0.1) is 6.04 Å². The van der Waals surface area contributed by atoms with Crippen LogP contribution < -0.4 is 10.6 Å². The van der Waals surface area contributed by atoms with E-state index in [-0.39, 0.29) is 6.04 Å². The molecule has 0 heterocycles. The molecule has 94 valence electrons. The largest absolute Gasteiger partial charge is 0.362 e. The van der Waals surface area contributed by atoms with E-state index in [1.165, 1.54) is 5.56 Å². The highest BCUT2D eigenvalue weighted by Gasteiger charge is 2.06. The number of benzene rings is 1. The highest BCUT2D eigenvalue weighted by atomic mass is 35.5. The first-order valence-electron chi connectivity index (χ1n) is 5.79. The molecule has 0 radical (unpaired) electrons. The zero-order valence-electron chi connectivity index (χ0n) is 10.5. The maximum Gasteiger partial charge on any atom is 0.166 e. The van der Waals surface area contributed by atoms with Crippen LogP contribution in [0.1, 0.15) is 32.4 Å². The normalized spacial score (nSPS) is 12.3. The van der Waals surface area contributed by atoms with Gasteiger partial charge in [0.15, 0.2) is 5.11 Å². The summed E-state index contributed by atoms with van der Waals surface area (Å²) in [7, 11) is 0. The van der Waals surface area contributed by atoms with E-state index in [1.807, 2.05) is 24.3 Å². The summed E-state index contributed by atoms with van der Waals surface area (Å²) in [6, 6.07) is 7.97.